The summed E-state index contributed by atoms with van der Waals surface area (Å²) in [6.07, 6.45) is 1.77. The van der Waals surface area contributed by atoms with Gasteiger partial charge in [-0.05, 0) is 24.6 Å². The number of hydrogen-bond acceptors (Lipinski definition) is 7. The van der Waals surface area contributed by atoms with Crippen molar-refractivity contribution in [2.24, 2.45) is 5.73 Å². The van der Waals surface area contributed by atoms with E-state index >= 15 is 4.39 Å². The molecule has 0 unspecified atom stereocenters. The van der Waals surface area contributed by atoms with Crippen molar-refractivity contribution in [1.29, 1.82) is 0 Å². The molecule has 4 aromatic carbocycles. The van der Waals surface area contributed by atoms with Gasteiger partial charge in [-0.3, -0.25) is 14.4 Å². The molecule has 11 heteroatoms. The van der Waals surface area contributed by atoms with Gasteiger partial charge < -0.3 is 24.6 Å². The molecule has 0 spiro atoms. The minimum absolute atomic E-state index is 0. The standard InChI is InChI=1S/C28H18FN3O6.ClH/c29-19-7-17-22-27(23(19)31-6-5-12(30)10-31)38-21-9-16-15(24(33)13-3-1-2-4-14(13)25(16)34)8-20(21)32(22)11-18(26(17)35)28(36)37;/h1-4,7-9,11-12H,5-6,10,30H2,(H,36,37);1H/t12-;/m0./s1. The number of aromatic carboxylic acids is 1. The molecule has 0 aliphatic carbocycles. The van der Waals surface area contributed by atoms with E-state index in [9.17, 15) is 24.3 Å². The van der Waals surface area contributed by atoms with Gasteiger partial charge in [0.2, 0.25) is 5.43 Å². The third kappa shape index (κ3) is 3.35. The van der Waals surface area contributed by atoms with Gasteiger partial charge >= 0.3 is 5.97 Å². The predicted octanol–water partition coefficient (Wildman–Crippen LogP) is 3.46. The van der Waals surface area contributed by atoms with Crippen LogP contribution in [0, 0.1) is 5.82 Å². The van der Waals surface area contributed by atoms with E-state index in [0.717, 1.165) is 12.3 Å². The Hall–Kier alpha value is -4.54. The van der Waals surface area contributed by atoms with E-state index < -0.39 is 22.8 Å². The number of aromatic nitrogens is 1. The van der Waals surface area contributed by atoms with E-state index in [2.05, 4.69) is 0 Å². The molecule has 7 rings (SSSR count). The number of fused-ring (bicyclic) bond motifs is 4. The smallest absolute Gasteiger partial charge is 0.341 e. The largest absolute Gasteiger partial charge is 0.477 e. The first-order valence-corrected chi connectivity index (χ1v) is 11.9. The summed E-state index contributed by atoms with van der Waals surface area (Å²) >= 11 is 0. The number of halogens is 2. The average molecular weight is 548 g/mol. The Kier molecular flexibility index (Phi) is 5.39. The first kappa shape index (κ1) is 24.8. The molecule has 3 N–H and O–H groups in total. The molecule has 9 nitrogen and oxygen atoms in total. The maximum atomic E-state index is 15.6. The van der Waals surface area contributed by atoms with Crippen LogP contribution in [-0.4, -0.2) is 34.6 Å². The highest BCUT2D eigenvalue weighted by Gasteiger charge is 2.29. The molecule has 1 aliphatic heterocycles. The molecular weight excluding hydrogens is 529 g/mol. The van der Waals surface area contributed by atoms with Crippen LogP contribution in [0.1, 0.15) is 16.8 Å². The summed E-state index contributed by atoms with van der Waals surface area (Å²) in [7, 11) is 0. The lowest BCUT2D eigenvalue weighted by atomic mass is 10.0. The lowest BCUT2D eigenvalue weighted by molar-refractivity contribution is 0.0695. The van der Waals surface area contributed by atoms with Gasteiger partial charge in [-0.25, -0.2) is 9.18 Å². The van der Waals surface area contributed by atoms with Crippen molar-refractivity contribution in [3.05, 3.63) is 90.7 Å². The van der Waals surface area contributed by atoms with Crippen molar-refractivity contribution < 1.29 is 18.7 Å². The lowest BCUT2D eigenvalue weighted by Gasteiger charge is -2.22. The number of nitrogens with zero attached hydrogens (tertiary/aromatic N) is 2. The number of rotatable bonds is 2. The van der Waals surface area contributed by atoms with Gasteiger partial charge in [0.1, 0.15) is 16.8 Å². The van der Waals surface area contributed by atoms with Crippen LogP contribution >= 0.6 is 12.4 Å². The molecule has 1 aliphatic rings. The predicted molar refractivity (Wildman–Crippen MR) is 149 cm³/mol. The first-order valence-electron chi connectivity index (χ1n) is 11.9. The molecule has 0 amide bonds. The Morgan fingerprint density at radius 2 is 1.64 bits per heavy atom. The van der Waals surface area contributed by atoms with E-state index in [1.165, 1.54) is 16.5 Å². The number of pyridine rings is 1. The summed E-state index contributed by atoms with van der Waals surface area (Å²) in [5.74, 6) is -2.24. The van der Waals surface area contributed by atoms with Gasteiger partial charge in [0, 0.05) is 46.9 Å². The van der Waals surface area contributed by atoms with Crippen molar-refractivity contribution in [2.75, 3.05) is 18.0 Å². The highest BCUT2D eigenvalue weighted by molar-refractivity contribution is 6.08. The van der Waals surface area contributed by atoms with Gasteiger partial charge in [0.15, 0.2) is 27.8 Å². The number of carboxylic acid groups (broad SMARTS) is 1. The van der Waals surface area contributed by atoms with Crippen LogP contribution in [0.15, 0.2) is 67.5 Å². The molecule has 1 saturated heterocycles. The van der Waals surface area contributed by atoms with E-state index in [1.807, 2.05) is 0 Å². The van der Waals surface area contributed by atoms with Crippen LogP contribution in [-0.2, 0) is 0 Å². The van der Waals surface area contributed by atoms with Gasteiger partial charge in [-0.2, -0.15) is 0 Å². The summed E-state index contributed by atoms with van der Waals surface area (Å²) in [6, 6.07) is 10.2. The Bertz CT molecular complexity index is 2210. The Morgan fingerprint density at radius 1 is 0.974 bits per heavy atom. The fraction of sp³-hybridized carbons (Fsp3) is 0.143. The van der Waals surface area contributed by atoms with Crippen LogP contribution in [0.5, 0.6) is 0 Å². The van der Waals surface area contributed by atoms with Crippen LogP contribution < -0.4 is 26.9 Å². The maximum Gasteiger partial charge on any atom is 0.341 e. The number of carboxylic acids is 1. The highest BCUT2D eigenvalue weighted by Crippen LogP contribution is 2.37. The van der Waals surface area contributed by atoms with Crippen molar-refractivity contribution in [2.45, 2.75) is 12.5 Å². The number of nitrogens with two attached hydrogens (primary N) is 1. The quantitative estimate of drug-likeness (QED) is 0.248. The van der Waals surface area contributed by atoms with Crippen LogP contribution in [0.25, 0.3) is 49.1 Å². The molecule has 0 bridgehead atoms. The van der Waals surface area contributed by atoms with Crippen molar-refractivity contribution in [3.63, 3.8) is 0 Å². The maximum absolute atomic E-state index is 15.6. The molecule has 6 aromatic rings. The molecule has 196 valence electrons. The number of hydrogen-bond donors (Lipinski definition) is 2. The first-order chi connectivity index (χ1) is 18.2. The van der Waals surface area contributed by atoms with Gasteiger partial charge in [-0.15, -0.1) is 12.4 Å². The fourth-order valence-electron chi connectivity index (χ4n) is 5.63. The van der Waals surface area contributed by atoms with Crippen LogP contribution in [0.2, 0.25) is 0 Å². The molecule has 2 aromatic heterocycles. The average Bonchev–Trinajstić information content (AvgIpc) is 3.33. The normalized spacial score (nSPS) is 15.6. The second-order valence-corrected chi connectivity index (χ2v) is 9.65. The lowest BCUT2D eigenvalue weighted by Crippen LogP contribution is -2.27. The number of benzene rings is 4. The molecule has 1 fully saturated rings. The summed E-state index contributed by atoms with van der Waals surface area (Å²) in [4.78, 5) is 53.4. The van der Waals surface area contributed by atoms with Crippen molar-refractivity contribution in [3.8, 4) is 0 Å². The topological polar surface area (TPSA) is 135 Å². The monoisotopic (exact) mass is 547 g/mol. The van der Waals surface area contributed by atoms with E-state index in [4.69, 9.17) is 10.2 Å². The minimum atomic E-state index is -1.48. The molecular formula is C28H19ClFN3O6. The minimum Gasteiger partial charge on any atom is -0.477 e. The second kappa shape index (κ2) is 8.48. The van der Waals surface area contributed by atoms with E-state index in [1.54, 1.807) is 29.2 Å². The zero-order valence-corrected chi connectivity index (χ0v) is 20.9. The summed E-state index contributed by atoms with van der Waals surface area (Å²) in [5, 5.41) is 10.3. The summed E-state index contributed by atoms with van der Waals surface area (Å²) in [5.41, 5.74) is 4.54. The van der Waals surface area contributed by atoms with E-state index in [0.29, 0.717) is 19.5 Å². The molecule has 0 saturated carbocycles. The SMILES string of the molecule is Cl.N[C@H]1CCN(c2c(F)cc3c(=O)c(C(=O)O)cn4c5cc6c(=O)c7ccccc7c(=O)c6cc5oc2c34)C1. The summed E-state index contributed by atoms with van der Waals surface area (Å²) < 4.78 is 23.2. The Balaban J connectivity index is 0.00000277. The van der Waals surface area contributed by atoms with Crippen LogP contribution in [0.4, 0.5) is 10.1 Å². The second-order valence-electron chi connectivity index (χ2n) is 9.65. The molecule has 1 atom stereocenters. The Morgan fingerprint density at radius 3 is 2.26 bits per heavy atom. The van der Waals surface area contributed by atoms with Gasteiger partial charge in [0.05, 0.1) is 10.9 Å². The fourth-order valence-corrected chi connectivity index (χ4v) is 5.63. The number of anilines is 1. The van der Waals surface area contributed by atoms with E-state index in [-0.39, 0.29) is 84.1 Å². The van der Waals surface area contributed by atoms with Gasteiger partial charge in [0.25, 0.3) is 0 Å². The third-order valence-electron chi connectivity index (χ3n) is 7.42. The molecule has 0 radical (unpaired) electrons. The van der Waals surface area contributed by atoms with Crippen molar-refractivity contribution >= 4 is 73.2 Å². The number of carbonyl (C=O) groups is 1. The van der Waals surface area contributed by atoms with Crippen molar-refractivity contribution in [1.82, 2.24) is 4.40 Å². The van der Waals surface area contributed by atoms with Crippen LogP contribution in [0.3, 0.4) is 0 Å². The van der Waals surface area contributed by atoms with Gasteiger partial charge in [-0.1, -0.05) is 24.3 Å². The molecule has 3 heterocycles. The Labute approximate surface area is 223 Å². The highest BCUT2D eigenvalue weighted by atomic mass is 35.5. The molecule has 39 heavy (non-hydrogen) atoms. The zero-order chi connectivity index (χ0) is 26.5. The zero-order valence-electron chi connectivity index (χ0n) is 20.1. The summed E-state index contributed by atoms with van der Waals surface area (Å²) in [6.45, 7) is 0.815. The third-order valence-corrected chi connectivity index (χ3v) is 7.42.